The molecule has 0 aromatic carbocycles. The highest BCUT2D eigenvalue weighted by Crippen LogP contribution is 2.10. The summed E-state index contributed by atoms with van der Waals surface area (Å²) in [6.07, 6.45) is 3.95. The van der Waals surface area contributed by atoms with Gasteiger partial charge in [0, 0.05) is 18.8 Å². The summed E-state index contributed by atoms with van der Waals surface area (Å²) >= 11 is 0. The maximum Gasteiger partial charge on any atom is 0.0198 e. The Kier molecular flexibility index (Phi) is 6.35. The number of rotatable bonds is 6. The van der Waals surface area contributed by atoms with Crippen molar-refractivity contribution >= 4 is 0 Å². The van der Waals surface area contributed by atoms with Gasteiger partial charge >= 0.3 is 0 Å². The molecule has 1 heteroatoms. The Bertz CT molecular complexity index is 179. The lowest BCUT2D eigenvalue weighted by Crippen LogP contribution is -2.29. The molecule has 0 aliphatic rings. The number of nitrogens with zero attached hydrogens (tertiary/aromatic N) is 1. The van der Waals surface area contributed by atoms with Crippen LogP contribution in [0.2, 0.25) is 0 Å². The van der Waals surface area contributed by atoms with Gasteiger partial charge in [0.1, 0.15) is 0 Å². The van der Waals surface area contributed by atoms with Crippen LogP contribution in [-0.2, 0) is 0 Å². The molecule has 14 heavy (non-hydrogen) atoms. The van der Waals surface area contributed by atoms with E-state index in [-0.39, 0.29) is 0 Å². The lowest BCUT2D eigenvalue weighted by Gasteiger charge is -2.29. The van der Waals surface area contributed by atoms with E-state index in [9.17, 15) is 0 Å². The van der Waals surface area contributed by atoms with Crippen molar-refractivity contribution in [1.29, 1.82) is 0 Å². The van der Waals surface area contributed by atoms with E-state index in [4.69, 9.17) is 0 Å². The quantitative estimate of drug-likeness (QED) is 0.584. The monoisotopic (exact) mass is 195 g/mol. The Morgan fingerprint density at radius 1 is 1.14 bits per heavy atom. The molecule has 1 nitrogen and oxygen atoms in total. The minimum absolute atomic E-state index is 0.710. The van der Waals surface area contributed by atoms with E-state index < -0.39 is 0 Å². The van der Waals surface area contributed by atoms with Gasteiger partial charge in [-0.05, 0) is 24.8 Å². The van der Waals surface area contributed by atoms with Crippen molar-refractivity contribution in [2.75, 3.05) is 13.1 Å². The van der Waals surface area contributed by atoms with Crippen LogP contribution < -0.4 is 0 Å². The van der Waals surface area contributed by atoms with Crippen molar-refractivity contribution in [3.8, 4) is 0 Å². The third-order valence-electron chi connectivity index (χ3n) is 2.03. The topological polar surface area (TPSA) is 3.24 Å². The molecule has 0 N–H and O–H groups in total. The second kappa shape index (κ2) is 6.69. The molecule has 0 rings (SSSR count). The number of hydrogen-bond donors (Lipinski definition) is 0. The third-order valence-corrected chi connectivity index (χ3v) is 2.03. The van der Waals surface area contributed by atoms with E-state index >= 15 is 0 Å². The standard InChI is InChI=1S/C13H25N/c1-7-8-13(6)14(9-11(2)3)10-12(4)5/h7-8,11-12H,1,9-10H2,2-6H3/b13-8+. The van der Waals surface area contributed by atoms with Gasteiger partial charge < -0.3 is 4.90 Å². The molecule has 0 aliphatic heterocycles. The molecule has 0 aromatic rings. The minimum Gasteiger partial charge on any atom is -0.375 e. The van der Waals surface area contributed by atoms with Gasteiger partial charge in [0.25, 0.3) is 0 Å². The van der Waals surface area contributed by atoms with Crippen molar-refractivity contribution in [1.82, 2.24) is 4.90 Å². The fourth-order valence-corrected chi connectivity index (χ4v) is 1.52. The second-order valence-corrected chi connectivity index (χ2v) is 4.74. The lowest BCUT2D eigenvalue weighted by atomic mass is 10.1. The molecule has 0 bridgehead atoms. The van der Waals surface area contributed by atoms with Crippen LogP contribution >= 0.6 is 0 Å². The highest BCUT2D eigenvalue weighted by molar-refractivity contribution is 5.07. The molecule has 0 saturated carbocycles. The highest BCUT2D eigenvalue weighted by atomic mass is 15.1. The highest BCUT2D eigenvalue weighted by Gasteiger charge is 2.08. The molecule has 0 heterocycles. The van der Waals surface area contributed by atoms with Crippen molar-refractivity contribution < 1.29 is 0 Å². The fourth-order valence-electron chi connectivity index (χ4n) is 1.52. The van der Waals surface area contributed by atoms with Gasteiger partial charge in [0.2, 0.25) is 0 Å². The first-order valence-electron chi connectivity index (χ1n) is 5.51. The normalized spacial score (nSPS) is 12.4. The van der Waals surface area contributed by atoms with E-state index in [1.807, 2.05) is 6.08 Å². The first-order valence-corrected chi connectivity index (χ1v) is 5.51. The second-order valence-electron chi connectivity index (χ2n) is 4.74. The molecule has 0 unspecified atom stereocenters. The van der Waals surface area contributed by atoms with Crippen LogP contribution in [0.25, 0.3) is 0 Å². The molecule has 0 spiro atoms. The van der Waals surface area contributed by atoms with E-state index in [0.717, 1.165) is 13.1 Å². The van der Waals surface area contributed by atoms with E-state index in [0.29, 0.717) is 11.8 Å². The zero-order chi connectivity index (χ0) is 11.1. The maximum atomic E-state index is 3.74. The average molecular weight is 195 g/mol. The Hall–Kier alpha value is -0.720. The van der Waals surface area contributed by atoms with Crippen LogP contribution in [0.5, 0.6) is 0 Å². The number of hydrogen-bond acceptors (Lipinski definition) is 1. The van der Waals surface area contributed by atoms with Crippen LogP contribution in [0, 0.1) is 11.8 Å². The molecule has 0 atom stereocenters. The summed E-state index contributed by atoms with van der Waals surface area (Å²) in [5.41, 5.74) is 1.32. The minimum atomic E-state index is 0.710. The third kappa shape index (κ3) is 5.85. The van der Waals surface area contributed by atoms with Gasteiger partial charge in [-0.15, -0.1) is 0 Å². The first kappa shape index (κ1) is 13.3. The van der Waals surface area contributed by atoms with Crippen molar-refractivity contribution in [3.63, 3.8) is 0 Å². The summed E-state index contributed by atoms with van der Waals surface area (Å²) < 4.78 is 0. The molecule has 0 aliphatic carbocycles. The zero-order valence-electron chi connectivity index (χ0n) is 10.4. The molecule has 0 amide bonds. The van der Waals surface area contributed by atoms with Crippen LogP contribution in [0.15, 0.2) is 24.4 Å². The molecule has 82 valence electrons. The van der Waals surface area contributed by atoms with Crippen LogP contribution in [0.4, 0.5) is 0 Å². The van der Waals surface area contributed by atoms with Gasteiger partial charge in [0.05, 0.1) is 0 Å². The van der Waals surface area contributed by atoms with Gasteiger partial charge in [-0.2, -0.15) is 0 Å². The van der Waals surface area contributed by atoms with E-state index in [2.05, 4.69) is 52.2 Å². The van der Waals surface area contributed by atoms with Crippen LogP contribution in [0.3, 0.4) is 0 Å². The van der Waals surface area contributed by atoms with E-state index in [1.165, 1.54) is 5.70 Å². The summed E-state index contributed by atoms with van der Waals surface area (Å²) in [6, 6.07) is 0. The van der Waals surface area contributed by atoms with Crippen molar-refractivity contribution in [2.24, 2.45) is 11.8 Å². The van der Waals surface area contributed by atoms with Crippen LogP contribution in [-0.4, -0.2) is 18.0 Å². The van der Waals surface area contributed by atoms with Gasteiger partial charge in [-0.25, -0.2) is 0 Å². The molecular formula is C13H25N. The smallest absolute Gasteiger partial charge is 0.0198 e. The Balaban J connectivity index is 4.37. The van der Waals surface area contributed by atoms with Gasteiger partial charge in [-0.1, -0.05) is 40.3 Å². The SMILES string of the molecule is C=C/C=C(\C)N(CC(C)C)CC(C)C. The predicted octanol–water partition coefficient (Wildman–Crippen LogP) is 3.69. The van der Waals surface area contributed by atoms with E-state index in [1.54, 1.807) is 0 Å². The van der Waals surface area contributed by atoms with Gasteiger partial charge in [0.15, 0.2) is 0 Å². The summed E-state index contributed by atoms with van der Waals surface area (Å²) in [5, 5.41) is 0. The number of allylic oxidation sites excluding steroid dienone is 3. The van der Waals surface area contributed by atoms with Crippen LogP contribution in [0.1, 0.15) is 34.6 Å². The molecule has 0 radical (unpaired) electrons. The molecular weight excluding hydrogens is 170 g/mol. The predicted molar refractivity (Wildman–Crippen MR) is 65.2 cm³/mol. The van der Waals surface area contributed by atoms with Crippen molar-refractivity contribution in [3.05, 3.63) is 24.4 Å². The zero-order valence-corrected chi connectivity index (χ0v) is 10.4. The maximum absolute atomic E-state index is 3.74. The molecule has 0 saturated heterocycles. The largest absolute Gasteiger partial charge is 0.375 e. The average Bonchev–Trinajstić information content (AvgIpc) is 2.01. The Labute approximate surface area is 89.5 Å². The molecule has 0 aromatic heterocycles. The van der Waals surface area contributed by atoms with Gasteiger partial charge in [-0.3, -0.25) is 0 Å². The summed E-state index contributed by atoms with van der Waals surface area (Å²) in [5.74, 6) is 1.42. The van der Waals surface area contributed by atoms with Crippen molar-refractivity contribution in [2.45, 2.75) is 34.6 Å². The summed E-state index contributed by atoms with van der Waals surface area (Å²) in [6.45, 7) is 17.2. The summed E-state index contributed by atoms with van der Waals surface area (Å²) in [4.78, 5) is 2.44. The Morgan fingerprint density at radius 2 is 1.57 bits per heavy atom. The Morgan fingerprint density at radius 3 is 1.86 bits per heavy atom. The fraction of sp³-hybridized carbons (Fsp3) is 0.692. The summed E-state index contributed by atoms with van der Waals surface area (Å²) in [7, 11) is 0. The first-order chi connectivity index (χ1) is 6.47. The lowest BCUT2D eigenvalue weighted by molar-refractivity contribution is 0.274. The molecule has 0 fully saturated rings.